The van der Waals surface area contributed by atoms with Crippen molar-refractivity contribution < 1.29 is 9.13 Å². The van der Waals surface area contributed by atoms with Crippen LogP contribution in [-0.2, 0) is 6.42 Å². The van der Waals surface area contributed by atoms with Crippen molar-refractivity contribution in [3.05, 3.63) is 45.7 Å². The second kappa shape index (κ2) is 5.39. The van der Waals surface area contributed by atoms with Gasteiger partial charge in [0.15, 0.2) is 0 Å². The van der Waals surface area contributed by atoms with Crippen LogP contribution < -0.4 is 4.74 Å². The van der Waals surface area contributed by atoms with Crippen molar-refractivity contribution in [1.29, 1.82) is 0 Å². The Hall–Kier alpha value is -1.24. The number of nitrogens with zero attached hydrogens (tertiary/aromatic N) is 2. The fourth-order valence-electron chi connectivity index (χ4n) is 1.35. The molecule has 0 fully saturated rings. The number of hydrogen-bond acceptors (Lipinski definition) is 3. The maximum Gasteiger partial charge on any atom is 0.259 e. The van der Waals surface area contributed by atoms with Crippen molar-refractivity contribution >= 4 is 22.6 Å². The molecular formula is C12H10FIN2O. The van der Waals surface area contributed by atoms with Gasteiger partial charge in [0.25, 0.3) is 5.88 Å². The van der Waals surface area contributed by atoms with Gasteiger partial charge in [-0.1, -0.05) is 13.0 Å². The highest BCUT2D eigenvalue weighted by Gasteiger charge is 2.11. The molecule has 88 valence electrons. The average molecular weight is 344 g/mol. The van der Waals surface area contributed by atoms with Crippen molar-refractivity contribution in [2.75, 3.05) is 0 Å². The van der Waals surface area contributed by atoms with Gasteiger partial charge in [-0.3, -0.25) is 0 Å². The molecule has 0 amide bonds. The summed E-state index contributed by atoms with van der Waals surface area (Å²) in [6.45, 7) is 1.83. The zero-order valence-corrected chi connectivity index (χ0v) is 11.3. The summed E-state index contributed by atoms with van der Waals surface area (Å²) in [6.07, 6.45) is 1.82. The lowest BCUT2D eigenvalue weighted by atomic mass is 10.3. The van der Waals surface area contributed by atoms with Gasteiger partial charge in [0.05, 0.1) is 5.69 Å². The van der Waals surface area contributed by atoms with Gasteiger partial charge >= 0.3 is 0 Å². The van der Waals surface area contributed by atoms with Crippen LogP contribution >= 0.6 is 22.6 Å². The zero-order chi connectivity index (χ0) is 12.3. The summed E-state index contributed by atoms with van der Waals surface area (Å²) in [5.41, 5.74) is 0.362. The molecule has 2 rings (SSSR count). The smallest absolute Gasteiger partial charge is 0.259 e. The number of aromatic nitrogens is 2. The van der Waals surface area contributed by atoms with Crippen molar-refractivity contribution in [2.24, 2.45) is 0 Å². The molecule has 3 nitrogen and oxygen atoms in total. The number of halogens is 2. The standard InChI is InChI=1S/C12H10FIN2O/c1-2-10-11(13)12(16-7-15-10)17-9-5-3-4-8(14)6-9/h3-7H,2H2,1H3. The number of hydrogen-bond donors (Lipinski definition) is 0. The molecule has 0 spiro atoms. The van der Waals surface area contributed by atoms with Gasteiger partial charge < -0.3 is 4.74 Å². The molecule has 0 saturated carbocycles. The number of ether oxygens (including phenoxy) is 1. The third-order valence-electron chi connectivity index (χ3n) is 2.18. The van der Waals surface area contributed by atoms with E-state index in [4.69, 9.17) is 4.74 Å². The van der Waals surface area contributed by atoms with Gasteiger partial charge in [0.1, 0.15) is 12.1 Å². The largest absolute Gasteiger partial charge is 0.436 e. The summed E-state index contributed by atoms with van der Waals surface area (Å²) in [7, 11) is 0. The summed E-state index contributed by atoms with van der Waals surface area (Å²) in [5.74, 6) is 0.0456. The maximum atomic E-state index is 13.8. The Balaban J connectivity index is 2.30. The fraction of sp³-hybridized carbons (Fsp3) is 0.167. The van der Waals surface area contributed by atoms with Crippen LogP contribution in [0.2, 0.25) is 0 Å². The first-order valence-electron chi connectivity index (χ1n) is 5.13. The Morgan fingerprint density at radius 2 is 2.18 bits per heavy atom. The fourth-order valence-corrected chi connectivity index (χ4v) is 1.86. The molecule has 0 radical (unpaired) electrons. The van der Waals surface area contributed by atoms with E-state index in [9.17, 15) is 4.39 Å². The molecule has 1 aromatic carbocycles. The molecule has 0 aliphatic heterocycles. The van der Waals surface area contributed by atoms with Crippen LogP contribution in [0.5, 0.6) is 11.6 Å². The first-order valence-corrected chi connectivity index (χ1v) is 6.21. The number of rotatable bonds is 3. The van der Waals surface area contributed by atoms with E-state index in [1.54, 1.807) is 6.07 Å². The topological polar surface area (TPSA) is 35.0 Å². The minimum atomic E-state index is -0.492. The summed E-state index contributed by atoms with van der Waals surface area (Å²) in [4.78, 5) is 7.65. The first-order chi connectivity index (χ1) is 8.20. The lowest BCUT2D eigenvalue weighted by molar-refractivity contribution is 0.415. The molecule has 0 bridgehead atoms. The zero-order valence-electron chi connectivity index (χ0n) is 9.15. The lowest BCUT2D eigenvalue weighted by Gasteiger charge is -2.07. The predicted molar refractivity (Wildman–Crippen MR) is 70.6 cm³/mol. The van der Waals surface area contributed by atoms with Crippen molar-refractivity contribution in [3.8, 4) is 11.6 Å². The van der Waals surface area contributed by atoms with Crippen LogP contribution in [-0.4, -0.2) is 9.97 Å². The minimum Gasteiger partial charge on any atom is -0.436 e. The average Bonchev–Trinajstić information content (AvgIpc) is 2.32. The maximum absolute atomic E-state index is 13.8. The number of aryl methyl sites for hydroxylation is 1. The van der Waals surface area contributed by atoms with E-state index in [-0.39, 0.29) is 5.88 Å². The van der Waals surface area contributed by atoms with Crippen LogP contribution in [0.4, 0.5) is 4.39 Å². The summed E-state index contributed by atoms with van der Waals surface area (Å²) >= 11 is 2.16. The Morgan fingerprint density at radius 1 is 1.35 bits per heavy atom. The molecule has 0 aliphatic carbocycles. The molecule has 0 saturated heterocycles. The van der Waals surface area contributed by atoms with E-state index in [1.165, 1.54) is 6.33 Å². The normalized spacial score (nSPS) is 10.3. The monoisotopic (exact) mass is 344 g/mol. The highest BCUT2D eigenvalue weighted by Crippen LogP contribution is 2.24. The van der Waals surface area contributed by atoms with E-state index in [0.717, 1.165) is 3.57 Å². The van der Waals surface area contributed by atoms with E-state index >= 15 is 0 Å². The Morgan fingerprint density at radius 3 is 2.88 bits per heavy atom. The molecular weight excluding hydrogens is 334 g/mol. The van der Waals surface area contributed by atoms with Crippen LogP contribution in [0, 0.1) is 9.39 Å². The van der Waals surface area contributed by atoms with Crippen molar-refractivity contribution in [3.63, 3.8) is 0 Å². The molecule has 2 aromatic rings. The third-order valence-corrected chi connectivity index (χ3v) is 2.85. The van der Waals surface area contributed by atoms with Crippen LogP contribution in [0.25, 0.3) is 0 Å². The first kappa shape index (κ1) is 12.2. The Kier molecular flexibility index (Phi) is 3.88. The highest BCUT2D eigenvalue weighted by atomic mass is 127. The van der Waals surface area contributed by atoms with Crippen LogP contribution in [0.3, 0.4) is 0 Å². The van der Waals surface area contributed by atoms with E-state index < -0.39 is 5.82 Å². The van der Waals surface area contributed by atoms with Gasteiger partial charge in [-0.05, 0) is 47.2 Å². The molecule has 5 heteroatoms. The third kappa shape index (κ3) is 2.91. The van der Waals surface area contributed by atoms with E-state index in [1.807, 2.05) is 25.1 Å². The summed E-state index contributed by atoms with van der Waals surface area (Å²) in [6, 6.07) is 7.35. The van der Waals surface area contributed by atoms with Gasteiger partial charge in [-0.15, -0.1) is 0 Å². The van der Waals surface area contributed by atoms with Crippen LogP contribution in [0.1, 0.15) is 12.6 Å². The molecule has 1 heterocycles. The summed E-state index contributed by atoms with van der Waals surface area (Å²) < 4.78 is 20.2. The van der Waals surface area contributed by atoms with Gasteiger partial charge in [0.2, 0.25) is 5.82 Å². The molecule has 0 atom stereocenters. The highest BCUT2D eigenvalue weighted by molar-refractivity contribution is 14.1. The summed E-state index contributed by atoms with van der Waals surface area (Å²) in [5, 5.41) is 0. The molecule has 17 heavy (non-hydrogen) atoms. The number of benzene rings is 1. The van der Waals surface area contributed by atoms with Crippen molar-refractivity contribution in [1.82, 2.24) is 9.97 Å². The quantitative estimate of drug-likeness (QED) is 0.799. The predicted octanol–water partition coefficient (Wildman–Crippen LogP) is 3.58. The molecule has 0 aliphatic rings. The Labute approximate surface area is 112 Å². The molecule has 0 N–H and O–H groups in total. The Bertz CT molecular complexity index is 534. The van der Waals surface area contributed by atoms with Gasteiger partial charge in [-0.25, -0.2) is 4.98 Å². The van der Waals surface area contributed by atoms with E-state index in [0.29, 0.717) is 17.9 Å². The molecule has 1 aromatic heterocycles. The van der Waals surface area contributed by atoms with Gasteiger partial charge in [-0.2, -0.15) is 9.37 Å². The second-order valence-electron chi connectivity index (χ2n) is 3.35. The van der Waals surface area contributed by atoms with E-state index in [2.05, 4.69) is 32.6 Å². The van der Waals surface area contributed by atoms with Crippen molar-refractivity contribution in [2.45, 2.75) is 13.3 Å². The lowest BCUT2D eigenvalue weighted by Crippen LogP contribution is -1.99. The minimum absolute atomic E-state index is 0.0288. The van der Waals surface area contributed by atoms with Gasteiger partial charge in [0, 0.05) is 3.57 Å². The second-order valence-corrected chi connectivity index (χ2v) is 4.60. The molecule has 0 unspecified atom stereocenters. The SMILES string of the molecule is CCc1ncnc(Oc2cccc(I)c2)c1F. The van der Waals surface area contributed by atoms with Crippen LogP contribution in [0.15, 0.2) is 30.6 Å².